The van der Waals surface area contributed by atoms with Crippen molar-refractivity contribution in [1.29, 1.82) is 0 Å². The summed E-state index contributed by atoms with van der Waals surface area (Å²) in [7, 11) is 1.37. The zero-order valence-corrected chi connectivity index (χ0v) is 12.7. The van der Waals surface area contributed by atoms with Crippen molar-refractivity contribution in [3.63, 3.8) is 0 Å². The molecule has 1 aromatic heterocycles. The molecular formula is C13H16N4O3S. The van der Waals surface area contributed by atoms with E-state index in [2.05, 4.69) is 15.5 Å². The van der Waals surface area contributed by atoms with Crippen LogP contribution in [0, 0.1) is 5.92 Å². The lowest BCUT2D eigenvalue weighted by Gasteiger charge is -2.16. The predicted octanol–water partition coefficient (Wildman–Crippen LogP) is 1.66. The Morgan fingerprint density at radius 2 is 2.00 bits per heavy atom. The maximum atomic E-state index is 11.6. The van der Waals surface area contributed by atoms with Crippen molar-refractivity contribution < 1.29 is 14.6 Å². The number of hydrogen-bond acceptors (Lipinski definition) is 7. The summed E-state index contributed by atoms with van der Waals surface area (Å²) in [5.41, 5.74) is 0.734. The normalized spacial score (nSPS) is 13.7. The maximum absolute atomic E-state index is 11.6. The molecule has 21 heavy (non-hydrogen) atoms. The zero-order valence-electron chi connectivity index (χ0n) is 11.9. The Bertz CT molecular complexity index is 614. The molecule has 1 aromatic carbocycles. The first kappa shape index (κ1) is 15.3. The molecule has 0 bridgehead atoms. The highest BCUT2D eigenvalue weighted by molar-refractivity contribution is 7.99. The molecule has 112 valence electrons. The summed E-state index contributed by atoms with van der Waals surface area (Å²) in [6.07, 6.45) is 0. The summed E-state index contributed by atoms with van der Waals surface area (Å²) in [5, 5.41) is 21.4. The van der Waals surface area contributed by atoms with Gasteiger partial charge >= 0.3 is 5.97 Å². The summed E-state index contributed by atoms with van der Waals surface area (Å²) in [5.74, 6) is -0.364. The van der Waals surface area contributed by atoms with E-state index < -0.39 is 0 Å². The van der Waals surface area contributed by atoms with E-state index in [1.807, 2.05) is 6.92 Å². The number of ether oxygens (including phenoxy) is 1. The first-order valence-electron chi connectivity index (χ1n) is 6.35. The van der Waals surface area contributed by atoms with Crippen LogP contribution in [0.2, 0.25) is 0 Å². The Labute approximate surface area is 126 Å². The summed E-state index contributed by atoms with van der Waals surface area (Å²) in [6, 6.07) is 6.55. The quantitative estimate of drug-likeness (QED) is 0.663. The Kier molecular flexibility index (Phi) is 4.79. The number of aromatic hydroxyl groups is 1. The summed E-state index contributed by atoms with van der Waals surface area (Å²) < 4.78 is 6.30. The van der Waals surface area contributed by atoms with E-state index in [1.165, 1.54) is 18.9 Å². The largest absolute Gasteiger partial charge is 0.508 e. The molecule has 2 atom stereocenters. The van der Waals surface area contributed by atoms with Gasteiger partial charge in [0, 0.05) is 5.25 Å². The van der Waals surface area contributed by atoms with Crippen molar-refractivity contribution in [1.82, 2.24) is 20.2 Å². The van der Waals surface area contributed by atoms with Crippen LogP contribution in [-0.4, -0.2) is 43.6 Å². The lowest BCUT2D eigenvalue weighted by Crippen LogP contribution is -2.22. The molecule has 0 aliphatic rings. The van der Waals surface area contributed by atoms with Gasteiger partial charge in [0.15, 0.2) is 0 Å². The minimum Gasteiger partial charge on any atom is -0.508 e. The van der Waals surface area contributed by atoms with Gasteiger partial charge in [0.2, 0.25) is 5.16 Å². The molecule has 2 unspecified atom stereocenters. The average molecular weight is 308 g/mol. The fraction of sp³-hybridized carbons (Fsp3) is 0.385. The Balaban J connectivity index is 2.17. The highest BCUT2D eigenvalue weighted by Crippen LogP contribution is 2.28. The molecule has 0 fully saturated rings. The number of methoxy groups -OCH3 is 1. The van der Waals surface area contributed by atoms with E-state index in [9.17, 15) is 9.90 Å². The van der Waals surface area contributed by atoms with Gasteiger partial charge in [-0.3, -0.25) is 4.79 Å². The topological polar surface area (TPSA) is 90.1 Å². The van der Waals surface area contributed by atoms with Gasteiger partial charge in [-0.25, -0.2) is 0 Å². The number of benzene rings is 1. The van der Waals surface area contributed by atoms with E-state index in [1.54, 1.807) is 35.9 Å². The van der Waals surface area contributed by atoms with E-state index in [0.29, 0.717) is 5.16 Å². The van der Waals surface area contributed by atoms with Gasteiger partial charge in [0.25, 0.3) is 0 Å². The molecule has 0 saturated heterocycles. The molecule has 0 amide bonds. The lowest BCUT2D eigenvalue weighted by molar-refractivity contribution is -0.144. The standard InChI is InChI=1S/C13H16N4O3S/c1-8(12(19)20-3)9(2)21-13-14-15-16-17(13)10-4-6-11(18)7-5-10/h4-9,18H,1-3H3. The van der Waals surface area contributed by atoms with Gasteiger partial charge in [-0.1, -0.05) is 25.6 Å². The minimum absolute atomic E-state index is 0.0423. The third kappa shape index (κ3) is 3.52. The number of carbonyl (C=O) groups excluding carboxylic acids is 1. The maximum Gasteiger partial charge on any atom is 0.309 e. The number of phenols is 1. The van der Waals surface area contributed by atoms with Crippen LogP contribution in [0.15, 0.2) is 29.4 Å². The third-order valence-corrected chi connectivity index (χ3v) is 4.35. The first-order chi connectivity index (χ1) is 10.0. The molecule has 0 radical (unpaired) electrons. The fourth-order valence-electron chi connectivity index (χ4n) is 1.65. The molecule has 8 heteroatoms. The molecule has 0 saturated carbocycles. The number of carbonyl (C=O) groups is 1. The molecule has 7 nitrogen and oxygen atoms in total. The van der Waals surface area contributed by atoms with Crippen LogP contribution in [0.3, 0.4) is 0 Å². The predicted molar refractivity (Wildman–Crippen MR) is 77.3 cm³/mol. The Hall–Kier alpha value is -2.09. The van der Waals surface area contributed by atoms with E-state index in [0.717, 1.165) is 5.69 Å². The molecule has 0 aliphatic carbocycles. The first-order valence-corrected chi connectivity index (χ1v) is 7.23. The number of hydrogen-bond donors (Lipinski definition) is 1. The summed E-state index contributed by atoms with van der Waals surface area (Å²) in [6.45, 7) is 3.72. The Morgan fingerprint density at radius 3 is 2.62 bits per heavy atom. The van der Waals surface area contributed by atoms with E-state index >= 15 is 0 Å². The van der Waals surface area contributed by atoms with Crippen LogP contribution < -0.4 is 0 Å². The van der Waals surface area contributed by atoms with Crippen molar-refractivity contribution >= 4 is 17.7 Å². The van der Waals surface area contributed by atoms with Crippen LogP contribution in [0.25, 0.3) is 5.69 Å². The van der Waals surface area contributed by atoms with Crippen LogP contribution in [-0.2, 0) is 9.53 Å². The van der Waals surface area contributed by atoms with Crippen molar-refractivity contribution in [3.05, 3.63) is 24.3 Å². The minimum atomic E-state index is -0.273. The number of phenolic OH excluding ortho intramolecular Hbond substituents is 1. The number of nitrogens with zero attached hydrogens (tertiary/aromatic N) is 4. The van der Waals surface area contributed by atoms with Crippen molar-refractivity contribution in [2.75, 3.05) is 7.11 Å². The zero-order chi connectivity index (χ0) is 15.4. The summed E-state index contributed by atoms with van der Waals surface area (Å²) in [4.78, 5) is 11.6. The summed E-state index contributed by atoms with van der Waals surface area (Å²) >= 11 is 1.39. The lowest BCUT2D eigenvalue weighted by atomic mass is 10.1. The second kappa shape index (κ2) is 6.57. The van der Waals surface area contributed by atoms with E-state index in [-0.39, 0.29) is 22.9 Å². The average Bonchev–Trinajstić information content (AvgIpc) is 2.94. The molecule has 2 aromatic rings. The van der Waals surface area contributed by atoms with Gasteiger partial charge in [0.1, 0.15) is 5.75 Å². The highest BCUT2D eigenvalue weighted by Gasteiger charge is 2.24. The second-order valence-corrected chi connectivity index (χ2v) is 5.87. The van der Waals surface area contributed by atoms with Gasteiger partial charge in [-0.15, -0.1) is 5.10 Å². The fourth-order valence-corrected chi connectivity index (χ4v) is 2.63. The van der Waals surface area contributed by atoms with Gasteiger partial charge in [-0.2, -0.15) is 4.68 Å². The molecule has 2 rings (SSSR count). The molecule has 1 heterocycles. The smallest absolute Gasteiger partial charge is 0.309 e. The van der Waals surface area contributed by atoms with Crippen LogP contribution in [0.1, 0.15) is 13.8 Å². The number of thioether (sulfide) groups is 1. The van der Waals surface area contributed by atoms with Crippen LogP contribution in [0.4, 0.5) is 0 Å². The van der Waals surface area contributed by atoms with Crippen LogP contribution in [0.5, 0.6) is 5.75 Å². The number of esters is 1. The van der Waals surface area contributed by atoms with Gasteiger partial charge in [-0.05, 0) is 34.7 Å². The van der Waals surface area contributed by atoms with Crippen molar-refractivity contribution in [3.8, 4) is 11.4 Å². The van der Waals surface area contributed by atoms with Gasteiger partial charge < -0.3 is 9.84 Å². The second-order valence-electron chi connectivity index (χ2n) is 4.52. The van der Waals surface area contributed by atoms with Crippen LogP contribution >= 0.6 is 11.8 Å². The van der Waals surface area contributed by atoms with E-state index in [4.69, 9.17) is 4.74 Å². The molecule has 1 N–H and O–H groups in total. The highest BCUT2D eigenvalue weighted by atomic mass is 32.2. The third-order valence-electron chi connectivity index (χ3n) is 3.10. The molecule has 0 aliphatic heterocycles. The number of tetrazole rings is 1. The monoisotopic (exact) mass is 308 g/mol. The number of aromatic nitrogens is 4. The molecular weight excluding hydrogens is 292 g/mol. The SMILES string of the molecule is COC(=O)C(C)C(C)Sc1nnnn1-c1ccc(O)cc1. The van der Waals surface area contributed by atoms with Crippen molar-refractivity contribution in [2.24, 2.45) is 5.92 Å². The number of rotatable bonds is 5. The van der Waals surface area contributed by atoms with Gasteiger partial charge in [0.05, 0.1) is 18.7 Å². The molecule has 0 spiro atoms. The Morgan fingerprint density at radius 1 is 1.33 bits per heavy atom. The van der Waals surface area contributed by atoms with Crippen molar-refractivity contribution in [2.45, 2.75) is 24.3 Å².